The minimum absolute atomic E-state index is 0.00495. The number of carbonyl (C=O) groups excluding carboxylic acids is 3. The van der Waals surface area contributed by atoms with E-state index in [0.717, 1.165) is 16.3 Å². The van der Waals surface area contributed by atoms with Gasteiger partial charge >= 0.3 is 11.9 Å². The van der Waals surface area contributed by atoms with E-state index in [2.05, 4.69) is 0 Å². The first kappa shape index (κ1) is 26.5. The van der Waals surface area contributed by atoms with Gasteiger partial charge in [-0.1, -0.05) is 42.5 Å². The zero-order valence-corrected chi connectivity index (χ0v) is 22.2. The Balaban J connectivity index is 1.66. The molecular formula is C32H32O7. The lowest BCUT2D eigenvalue weighted by atomic mass is 9.81. The Bertz CT molecular complexity index is 1470. The molecule has 0 aromatic heterocycles. The fourth-order valence-corrected chi connectivity index (χ4v) is 5.56. The lowest BCUT2D eigenvalue weighted by molar-refractivity contribution is -0.135. The number of carbonyl (C=O) groups is 3. The largest absolute Gasteiger partial charge is 0.507 e. The molecule has 0 radical (unpaired) electrons. The Hall–Kier alpha value is -4.13. The Morgan fingerprint density at radius 3 is 2.56 bits per heavy atom. The number of phenols is 1. The van der Waals surface area contributed by atoms with Crippen molar-refractivity contribution >= 4 is 34.6 Å². The summed E-state index contributed by atoms with van der Waals surface area (Å²) in [5, 5.41) is 13.4. The number of methoxy groups -OCH3 is 1. The Kier molecular flexibility index (Phi) is 7.68. The predicted octanol–water partition coefficient (Wildman–Crippen LogP) is 6.48. The third-order valence-electron chi connectivity index (χ3n) is 7.49. The van der Waals surface area contributed by atoms with Crippen LogP contribution in [0, 0.1) is 0 Å². The highest BCUT2D eigenvalue weighted by Gasteiger charge is 2.36. The number of aromatic hydroxyl groups is 1. The molecule has 0 bridgehead atoms. The molecule has 3 aromatic rings. The summed E-state index contributed by atoms with van der Waals surface area (Å²) in [4.78, 5) is 38.3. The van der Waals surface area contributed by atoms with E-state index in [9.17, 15) is 19.5 Å². The molecule has 0 saturated carbocycles. The molecule has 0 spiro atoms. The van der Waals surface area contributed by atoms with Crippen LogP contribution in [-0.4, -0.2) is 36.0 Å². The van der Waals surface area contributed by atoms with Crippen LogP contribution in [0.4, 0.5) is 0 Å². The zero-order chi connectivity index (χ0) is 27.5. The van der Waals surface area contributed by atoms with Crippen molar-refractivity contribution in [1.82, 2.24) is 0 Å². The van der Waals surface area contributed by atoms with Gasteiger partial charge in [0.1, 0.15) is 28.6 Å². The molecular weight excluding hydrogens is 496 g/mol. The van der Waals surface area contributed by atoms with Crippen LogP contribution in [0.3, 0.4) is 0 Å². The van der Waals surface area contributed by atoms with Crippen LogP contribution in [-0.2, 0) is 14.3 Å². The fourth-order valence-electron chi connectivity index (χ4n) is 5.56. The number of fused-ring (bicyclic) bond motifs is 3. The average molecular weight is 529 g/mol. The molecule has 5 rings (SSSR count). The molecule has 0 fully saturated rings. The van der Waals surface area contributed by atoms with E-state index in [1.807, 2.05) is 42.5 Å². The number of benzene rings is 3. The summed E-state index contributed by atoms with van der Waals surface area (Å²) in [6, 6.07) is 13.1. The molecule has 2 atom stereocenters. The number of Topliss-reactive ketones (excluding diaryl/α,β-unsaturated/α-hetero) is 1. The van der Waals surface area contributed by atoms with Crippen molar-refractivity contribution in [2.75, 3.05) is 7.11 Å². The van der Waals surface area contributed by atoms with Crippen molar-refractivity contribution in [1.29, 1.82) is 0 Å². The molecule has 2 aliphatic heterocycles. The number of hydrogen-bond donors (Lipinski definition) is 1. The lowest BCUT2D eigenvalue weighted by Gasteiger charge is -2.28. The number of esters is 2. The third kappa shape index (κ3) is 5.39. The minimum atomic E-state index is -0.652. The van der Waals surface area contributed by atoms with E-state index in [1.54, 1.807) is 26.2 Å². The normalized spacial score (nSPS) is 20.4. The van der Waals surface area contributed by atoms with Gasteiger partial charge in [-0.15, -0.1) is 0 Å². The van der Waals surface area contributed by atoms with Gasteiger partial charge in [-0.2, -0.15) is 0 Å². The first-order valence-corrected chi connectivity index (χ1v) is 13.4. The predicted molar refractivity (Wildman–Crippen MR) is 147 cm³/mol. The monoisotopic (exact) mass is 528 g/mol. The van der Waals surface area contributed by atoms with Gasteiger partial charge in [-0.3, -0.25) is 9.59 Å². The van der Waals surface area contributed by atoms with Crippen molar-refractivity contribution in [2.45, 2.75) is 63.9 Å². The van der Waals surface area contributed by atoms with Gasteiger partial charge in [-0.25, -0.2) is 4.79 Å². The van der Waals surface area contributed by atoms with Crippen LogP contribution in [0.25, 0.3) is 16.8 Å². The van der Waals surface area contributed by atoms with Gasteiger partial charge < -0.3 is 19.3 Å². The minimum Gasteiger partial charge on any atom is -0.507 e. The van der Waals surface area contributed by atoms with Crippen LogP contribution >= 0.6 is 0 Å². The van der Waals surface area contributed by atoms with Crippen molar-refractivity contribution in [3.63, 3.8) is 0 Å². The summed E-state index contributed by atoms with van der Waals surface area (Å²) < 4.78 is 16.9. The maximum atomic E-state index is 13.5. The summed E-state index contributed by atoms with van der Waals surface area (Å²) in [7, 11) is 1.61. The summed E-state index contributed by atoms with van der Waals surface area (Å²) in [5.74, 6) is -0.748. The van der Waals surface area contributed by atoms with Crippen LogP contribution in [0.1, 0.15) is 84.8 Å². The molecule has 0 unspecified atom stereocenters. The molecule has 2 heterocycles. The number of ketones is 1. The van der Waals surface area contributed by atoms with Crippen LogP contribution in [0.15, 0.2) is 48.5 Å². The highest BCUT2D eigenvalue weighted by Crippen LogP contribution is 2.49. The molecule has 7 nitrogen and oxygen atoms in total. The first-order chi connectivity index (χ1) is 18.9. The molecule has 1 N–H and O–H groups in total. The standard InChI is InChI=1S/C32H32O7/c1-19-9-8-12-21(33)11-5-3-4-10-20-17-27-30(31(35)29(20)32(36)38-19)25(18-28(34)39-27)23-15-16-26(37-2)24-14-7-6-13-22(23)24/h4,6-7,10,13-17,19,25,35H,3,5,8-9,11-12,18H2,1-2H3/t19-,25+/m1/s1. The summed E-state index contributed by atoms with van der Waals surface area (Å²) in [6.45, 7) is 1.79. The summed E-state index contributed by atoms with van der Waals surface area (Å²) in [6.07, 6.45) is 6.63. The molecule has 202 valence electrons. The van der Waals surface area contributed by atoms with E-state index in [0.29, 0.717) is 55.4 Å². The Morgan fingerprint density at radius 2 is 1.77 bits per heavy atom. The highest BCUT2D eigenvalue weighted by molar-refractivity contribution is 5.99. The van der Waals surface area contributed by atoms with Gasteiger partial charge in [0.2, 0.25) is 0 Å². The molecule has 3 aromatic carbocycles. The fraction of sp³-hybridized carbons (Fsp3) is 0.344. The second-order valence-corrected chi connectivity index (χ2v) is 10.2. The van der Waals surface area contributed by atoms with E-state index in [4.69, 9.17) is 14.2 Å². The second kappa shape index (κ2) is 11.3. The van der Waals surface area contributed by atoms with E-state index >= 15 is 0 Å². The zero-order valence-electron chi connectivity index (χ0n) is 22.2. The van der Waals surface area contributed by atoms with Crippen molar-refractivity contribution in [2.24, 2.45) is 0 Å². The maximum Gasteiger partial charge on any atom is 0.342 e. The lowest BCUT2D eigenvalue weighted by Crippen LogP contribution is -2.23. The van der Waals surface area contributed by atoms with Crippen molar-refractivity contribution in [3.05, 3.63) is 70.8 Å². The van der Waals surface area contributed by atoms with Crippen LogP contribution in [0.5, 0.6) is 17.2 Å². The number of cyclic esters (lactones) is 1. The van der Waals surface area contributed by atoms with Crippen LogP contribution < -0.4 is 9.47 Å². The number of rotatable bonds is 2. The van der Waals surface area contributed by atoms with Crippen LogP contribution in [0.2, 0.25) is 0 Å². The van der Waals surface area contributed by atoms with Gasteiger partial charge in [0.15, 0.2) is 0 Å². The van der Waals surface area contributed by atoms with Gasteiger partial charge in [-0.05, 0) is 61.3 Å². The molecule has 7 heteroatoms. The number of ether oxygens (including phenoxy) is 3. The molecule has 0 aliphatic carbocycles. The highest BCUT2D eigenvalue weighted by atomic mass is 16.5. The molecule has 39 heavy (non-hydrogen) atoms. The SMILES string of the molecule is COc1ccc([C@@H]2CC(=O)Oc3cc4c(c(O)c32)C(=O)O[C@H](C)CCCC(=O)CCCC=C4)c2ccccc12. The smallest absolute Gasteiger partial charge is 0.342 e. The van der Waals surface area contributed by atoms with E-state index in [-0.39, 0.29) is 29.3 Å². The molecule has 2 aliphatic rings. The number of allylic oxidation sites excluding steroid dienone is 1. The van der Waals surface area contributed by atoms with Gasteiger partial charge in [0.05, 0.1) is 19.6 Å². The quantitative estimate of drug-likeness (QED) is 0.300. The first-order valence-electron chi connectivity index (χ1n) is 13.4. The van der Waals surface area contributed by atoms with Gasteiger partial charge in [0.25, 0.3) is 0 Å². The summed E-state index contributed by atoms with van der Waals surface area (Å²) >= 11 is 0. The third-order valence-corrected chi connectivity index (χ3v) is 7.49. The van der Waals surface area contributed by atoms with E-state index in [1.165, 1.54) is 0 Å². The summed E-state index contributed by atoms with van der Waals surface area (Å²) in [5.41, 5.74) is 1.65. The number of hydrogen-bond acceptors (Lipinski definition) is 7. The second-order valence-electron chi connectivity index (χ2n) is 10.2. The van der Waals surface area contributed by atoms with Crippen molar-refractivity contribution < 1.29 is 33.7 Å². The maximum absolute atomic E-state index is 13.5. The van der Waals surface area contributed by atoms with Crippen molar-refractivity contribution in [3.8, 4) is 17.2 Å². The van der Waals surface area contributed by atoms with E-state index < -0.39 is 24.0 Å². The topological polar surface area (TPSA) is 99.1 Å². The average Bonchev–Trinajstić information content (AvgIpc) is 2.91. The Morgan fingerprint density at radius 1 is 1.00 bits per heavy atom. The molecule has 0 amide bonds. The molecule has 0 saturated heterocycles. The Labute approximate surface area is 227 Å². The number of phenolic OH excluding ortho intramolecular Hbond substituents is 1. The van der Waals surface area contributed by atoms with Gasteiger partial charge in [0, 0.05) is 29.7 Å².